The van der Waals surface area contributed by atoms with Crippen LogP contribution in [0, 0.1) is 0 Å². The third kappa shape index (κ3) is 3.80. The Balaban J connectivity index is 2.11. The zero-order valence-corrected chi connectivity index (χ0v) is 12.2. The molecule has 1 aromatic rings. The number of carboxylic acid groups (broad SMARTS) is 1. The fourth-order valence-corrected chi connectivity index (χ4v) is 4.23. The van der Waals surface area contributed by atoms with E-state index in [1.807, 2.05) is 37.3 Å². The fourth-order valence-electron chi connectivity index (χ4n) is 2.24. The van der Waals surface area contributed by atoms with Gasteiger partial charge in [0.25, 0.3) is 0 Å². The van der Waals surface area contributed by atoms with E-state index in [2.05, 4.69) is 0 Å². The first-order chi connectivity index (χ1) is 9.40. The predicted molar refractivity (Wildman–Crippen MR) is 76.0 cm³/mol. The second kappa shape index (κ2) is 5.93. The van der Waals surface area contributed by atoms with Crippen LogP contribution >= 0.6 is 0 Å². The molecule has 1 unspecified atom stereocenters. The molecule has 1 saturated carbocycles. The summed E-state index contributed by atoms with van der Waals surface area (Å²) in [5, 5.41) is 8.87. The highest BCUT2D eigenvalue weighted by molar-refractivity contribution is 7.89. The van der Waals surface area contributed by atoms with E-state index in [-0.39, 0.29) is 17.7 Å². The first-order valence-electron chi connectivity index (χ1n) is 6.66. The third-order valence-electron chi connectivity index (χ3n) is 3.43. The minimum absolute atomic E-state index is 0.0548. The Bertz CT molecular complexity index is 566. The lowest BCUT2D eigenvalue weighted by atomic mass is 10.0. The predicted octanol–water partition coefficient (Wildman–Crippen LogP) is 1.67. The lowest BCUT2D eigenvalue weighted by Gasteiger charge is -2.22. The van der Waals surface area contributed by atoms with Crippen molar-refractivity contribution < 1.29 is 18.3 Å². The number of hydrogen-bond donors (Lipinski definition) is 1. The molecular formula is C14H19NO4S. The number of carbonyl (C=O) groups is 1. The van der Waals surface area contributed by atoms with Crippen molar-refractivity contribution in [2.75, 3.05) is 12.3 Å². The molecule has 1 N–H and O–H groups in total. The van der Waals surface area contributed by atoms with Crippen LogP contribution in [0.2, 0.25) is 0 Å². The SMILES string of the molecule is CC(CS(=O)(=O)N(CC(=O)O)C1CC1)c1ccccc1. The molecular weight excluding hydrogens is 278 g/mol. The van der Waals surface area contributed by atoms with Gasteiger partial charge in [0.1, 0.15) is 6.54 Å². The topological polar surface area (TPSA) is 74.7 Å². The molecule has 0 bridgehead atoms. The first kappa shape index (κ1) is 15.0. The summed E-state index contributed by atoms with van der Waals surface area (Å²) in [6.07, 6.45) is 1.51. The van der Waals surface area contributed by atoms with E-state index < -0.39 is 22.5 Å². The number of hydrogen-bond acceptors (Lipinski definition) is 3. The summed E-state index contributed by atoms with van der Waals surface area (Å²) in [7, 11) is -3.55. The maximum Gasteiger partial charge on any atom is 0.318 e. The highest BCUT2D eigenvalue weighted by atomic mass is 32.2. The Hall–Kier alpha value is -1.40. The molecule has 2 rings (SSSR count). The van der Waals surface area contributed by atoms with Crippen molar-refractivity contribution in [3.63, 3.8) is 0 Å². The van der Waals surface area contributed by atoms with Crippen molar-refractivity contribution >= 4 is 16.0 Å². The Morgan fingerprint density at radius 3 is 2.45 bits per heavy atom. The fraction of sp³-hybridized carbons (Fsp3) is 0.500. The molecule has 0 amide bonds. The Morgan fingerprint density at radius 2 is 1.95 bits per heavy atom. The molecule has 0 heterocycles. The summed E-state index contributed by atoms with van der Waals surface area (Å²) in [4.78, 5) is 10.8. The van der Waals surface area contributed by atoms with E-state index in [1.165, 1.54) is 0 Å². The van der Waals surface area contributed by atoms with E-state index in [9.17, 15) is 13.2 Å². The second-order valence-corrected chi connectivity index (χ2v) is 7.23. The van der Waals surface area contributed by atoms with E-state index in [0.717, 1.165) is 22.7 Å². The Labute approximate surface area is 119 Å². The number of benzene rings is 1. The molecule has 0 spiro atoms. The van der Waals surface area contributed by atoms with Crippen LogP contribution in [0.25, 0.3) is 0 Å². The summed E-state index contributed by atoms with van der Waals surface area (Å²) in [6, 6.07) is 9.27. The van der Waals surface area contributed by atoms with E-state index in [4.69, 9.17) is 5.11 Å². The van der Waals surface area contributed by atoms with Gasteiger partial charge in [-0.15, -0.1) is 0 Å². The molecule has 1 atom stereocenters. The first-order valence-corrected chi connectivity index (χ1v) is 8.27. The van der Waals surface area contributed by atoms with Crippen LogP contribution in [-0.2, 0) is 14.8 Å². The van der Waals surface area contributed by atoms with Crippen molar-refractivity contribution in [2.45, 2.75) is 31.7 Å². The Kier molecular flexibility index (Phi) is 4.45. The lowest BCUT2D eigenvalue weighted by Crippen LogP contribution is -2.39. The van der Waals surface area contributed by atoms with Crippen molar-refractivity contribution in [3.8, 4) is 0 Å². The summed E-state index contributed by atoms with van der Waals surface area (Å²) < 4.78 is 25.9. The molecule has 1 aliphatic rings. The second-order valence-electron chi connectivity index (χ2n) is 5.26. The van der Waals surface area contributed by atoms with Crippen LogP contribution in [0.4, 0.5) is 0 Å². The maximum absolute atomic E-state index is 12.4. The van der Waals surface area contributed by atoms with Crippen LogP contribution < -0.4 is 0 Å². The summed E-state index contributed by atoms with van der Waals surface area (Å²) in [5.41, 5.74) is 0.946. The molecule has 0 aromatic heterocycles. The van der Waals surface area contributed by atoms with Gasteiger partial charge in [0.05, 0.1) is 5.75 Å². The minimum atomic E-state index is -3.55. The molecule has 1 fully saturated rings. The van der Waals surface area contributed by atoms with Gasteiger partial charge in [0.15, 0.2) is 0 Å². The van der Waals surface area contributed by atoms with Gasteiger partial charge in [0.2, 0.25) is 10.0 Å². The van der Waals surface area contributed by atoms with E-state index in [0.29, 0.717) is 0 Å². The molecule has 5 nitrogen and oxygen atoms in total. The average molecular weight is 297 g/mol. The summed E-state index contributed by atoms with van der Waals surface area (Å²) in [6.45, 7) is 1.41. The van der Waals surface area contributed by atoms with Gasteiger partial charge in [-0.2, -0.15) is 4.31 Å². The zero-order valence-electron chi connectivity index (χ0n) is 11.4. The number of nitrogens with zero attached hydrogens (tertiary/aromatic N) is 1. The largest absolute Gasteiger partial charge is 0.480 e. The number of rotatable bonds is 7. The van der Waals surface area contributed by atoms with Crippen LogP contribution in [0.1, 0.15) is 31.2 Å². The average Bonchev–Trinajstić information content (AvgIpc) is 3.20. The molecule has 6 heteroatoms. The van der Waals surface area contributed by atoms with Gasteiger partial charge in [-0.3, -0.25) is 4.79 Å². The number of carboxylic acids is 1. The van der Waals surface area contributed by atoms with Crippen LogP contribution in [0.3, 0.4) is 0 Å². The van der Waals surface area contributed by atoms with Crippen LogP contribution in [0.15, 0.2) is 30.3 Å². The van der Waals surface area contributed by atoms with Gasteiger partial charge >= 0.3 is 5.97 Å². The molecule has 110 valence electrons. The number of sulfonamides is 1. The number of aliphatic carboxylic acids is 1. The van der Waals surface area contributed by atoms with Gasteiger partial charge in [0, 0.05) is 6.04 Å². The molecule has 1 aromatic carbocycles. The lowest BCUT2D eigenvalue weighted by molar-refractivity contribution is -0.137. The third-order valence-corrected chi connectivity index (χ3v) is 5.49. The molecule has 1 aliphatic carbocycles. The Morgan fingerprint density at radius 1 is 1.35 bits per heavy atom. The van der Waals surface area contributed by atoms with Crippen molar-refractivity contribution in [1.82, 2.24) is 4.31 Å². The van der Waals surface area contributed by atoms with Crippen molar-refractivity contribution in [3.05, 3.63) is 35.9 Å². The van der Waals surface area contributed by atoms with Gasteiger partial charge < -0.3 is 5.11 Å². The van der Waals surface area contributed by atoms with E-state index >= 15 is 0 Å². The molecule has 0 saturated heterocycles. The van der Waals surface area contributed by atoms with Gasteiger partial charge in [-0.25, -0.2) is 8.42 Å². The van der Waals surface area contributed by atoms with Gasteiger partial charge in [-0.05, 0) is 24.3 Å². The summed E-state index contributed by atoms with van der Waals surface area (Å²) >= 11 is 0. The standard InChI is InChI=1S/C14H19NO4S/c1-11(12-5-3-2-4-6-12)10-20(18,19)15(9-14(16)17)13-7-8-13/h2-6,11,13H,7-10H2,1H3,(H,16,17). The molecule has 0 aliphatic heterocycles. The van der Waals surface area contributed by atoms with Crippen LogP contribution in [0.5, 0.6) is 0 Å². The highest BCUT2D eigenvalue weighted by Gasteiger charge is 2.38. The quantitative estimate of drug-likeness (QED) is 0.830. The monoisotopic (exact) mass is 297 g/mol. The summed E-state index contributed by atoms with van der Waals surface area (Å²) in [5.74, 6) is -1.31. The van der Waals surface area contributed by atoms with E-state index in [1.54, 1.807) is 0 Å². The molecule has 0 radical (unpaired) electrons. The zero-order chi connectivity index (χ0) is 14.8. The van der Waals surface area contributed by atoms with Crippen molar-refractivity contribution in [1.29, 1.82) is 0 Å². The van der Waals surface area contributed by atoms with Crippen LogP contribution in [-0.4, -0.2) is 42.1 Å². The smallest absolute Gasteiger partial charge is 0.318 e. The normalized spacial score (nSPS) is 17.1. The minimum Gasteiger partial charge on any atom is -0.480 e. The highest BCUT2D eigenvalue weighted by Crippen LogP contribution is 2.30. The maximum atomic E-state index is 12.4. The van der Waals surface area contributed by atoms with Crippen molar-refractivity contribution in [2.24, 2.45) is 0 Å². The van der Waals surface area contributed by atoms with Gasteiger partial charge in [-0.1, -0.05) is 37.3 Å². The molecule has 20 heavy (non-hydrogen) atoms.